The molecular weight excluding hydrogens is 391 g/mol. The van der Waals surface area contributed by atoms with Crippen LogP contribution >= 0.6 is 7.92 Å². The van der Waals surface area contributed by atoms with E-state index in [9.17, 15) is 0 Å². The van der Waals surface area contributed by atoms with Crippen molar-refractivity contribution in [1.29, 1.82) is 0 Å². The fraction of sp³-hybridized carbons (Fsp3) is 0. The Morgan fingerprint density at radius 3 is 1.26 bits per heavy atom. The van der Waals surface area contributed by atoms with E-state index in [0.29, 0.717) is 0 Å². The van der Waals surface area contributed by atoms with Gasteiger partial charge in [-0.25, -0.2) is 0 Å². The Balaban J connectivity index is 0.000000390. The topological polar surface area (TPSA) is 17.1 Å². The molecule has 135 valence electrons. The Morgan fingerprint density at radius 2 is 1.04 bits per heavy atom. The second-order valence-corrected chi connectivity index (χ2v) is 7.84. The van der Waals surface area contributed by atoms with Crippen LogP contribution in [0.2, 0.25) is 0 Å². The molecule has 4 aromatic carbocycles. The summed E-state index contributed by atoms with van der Waals surface area (Å²) in [5.41, 5.74) is 0. The van der Waals surface area contributed by atoms with Gasteiger partial charge in [0, 0.05) is 0 Å². The summed E-state index contributed by atoms with van der Waals surface area (Å²) in [6.45, 7) is 3.25. The quantitative estimate of drug-likeness (QED) is 0.214. The molecule has 0 fully saturated rings. The third-order valence-corrected chi connectivity index (χ3v) is 6.42. The number of hydrogen-bond acceptors (Lipinski definition) is 1. The van der Waals surface area contributed by atoms with Gasteiger partial charge in [0.05, 0.1) is 7.92 Å². The Kier molecular flexibility index (Phi) is 11.6. The van der Waals surface area contributed by atoms with Crippen LogP contribution in [0.1, 0.15) is 0 Å². The summed E-state index contributed by atoms with van der Waals surface area (Å²) in [5.74, 6) is 0. The molecule has 27 heavy (non-hydrogen) atoms. The maximum absolute atomic E-state index is 7.75. The summed E-state index contributed by atoms with van der Waals surface area (Å²) in [5, 5.41) is 4.31. The molecule has 0 aliphatic heterocycles. The Bertz CT molecular complexity index is 707. The summed E-state index contributed by atoms with van der Waals surface area (Å²) in [7, 11) is -0.877. The first kappa shape index (κ1) is 22.7. The predicted molar refractivity (Wildman–Crippen MR) is 114 cm³/mol. The van der Waals surface area contributed by atoms with Crippen molar-refractivity contribution in [1.82, 2.24) is 0 Å². The van der Waals surface area contributed by atoms with Crippen LogP contribution < -0.4 is 15.9 Å². The van der Waals surface area contributed by atoms with Crippen LogP contribution in [0.15, 0.2) is 115 Å². The molecular formula is C24H21FeOP+. The average Bonchev–Trinajstić information content (AvgIpc) is 3.33. The molecule has 0 heterocycles. The van der Waals surface area contributed by atoms with Crippen LogP contribution in [0.3, 0.4) is 0 Å². The molecule has 0 N–H and O–H groups in total. The van der Waals surface area contributed by atoms with Gasteiger partial charge in [-0.1, -0.05) is 54.6 Å². The standard InChI is InChI=1S/C18H15P.C5H4.CHO.Fe/c1-4-10-16(11-5-1)19(17-12-6-2-7-13-17)18-14-8-3-9-15-18;1-2-4-5-3-1;1-2;/h1-15H;1-4H;1H;/q;-2;-1;+3/p+1. The van der Waals surface area contributed by atoms with E-state index < -0.39 is 7.92 Å². The first-order valence-corrected chi connectivity index (χ1v) is 9.80. The average molecular weight is 412 g/mol. The summed E-state index contributed by atoms with van der Waals surface area (Å²) in [4.78, 5) is 7.75. The van der Waals surface area contributed by atoms with Crippen LogP contribution in [0.5, 0.6) is 0 Å². The second kappa shape index (κ2) is 13.8. The largest absolute Gasteiger partial charge is 3.00 e. The van der Waals surface area contributed by atoms with Gasteiger partial charge < -0.3 is 35.1 Å². The van der Waals surface area contributed by atoms with Crippen molar-refractivity contribution in [2.24, 2.45) is 0 Å². The van der Waals surface area contributed by atoms with Crippen LogP contribution in [-0.2, 0) is 21.9 Å². The van der Waals surface area contributed by atoms with E-state index in [-0.39, 0.29) is 17.1 Å². The van der Waals surface area contributed by atoms with Crippen LogP contribution in [0.4, 0.5) is 0 Å². The summed E-state index contributed by atoms with van der Waals surface area (Å²) in [6.07, 6.45) is 0. The minimum absolute atomic E-state index is 0. The van der Waals surface area contributed by atoms with E-state index in [0.717, 1.165) is 0 Å². The molecule has 0 aliphatic carbocycles. The minimum atomic E-state index is -0.877. The molecule has 0 aromatic heterocycles. The van der Waals surface area contributed by atoms with E-state index in [1.165, 1.54) is 15.9 Å². The molecule has 0 amide bonds. The van der Waals surface area contributed by atoms with Crippen LogP contribution in [0.25, 0.3) is 0 Å². The van der Waals surface area contributed by atoms with E-state index in [1.807, 2.05) is 24.3 Å². The van der Waals surface area contributed by atoms with Crippen LogP contribution in [-0.4, -0.2) is 6.79 Å². The Hall–Kier alpha value is -2.37. The number of hydrogen-bond donors (Lipinski definition) is 0. The fourth-order valence-corrected chi connectivity index (χ4v) is 5.17. The molecule has 0 saturated carbocycles. The van der Waals surface area contributed by atoms with Gasteiger partial charge in [-0.3, -0.25) is 6.79 Å². The molecule has 0 unspecified atom stereocenters. The van der Waals surface area contributed by atoms with Crippen molar-refractivity contribution in [3.05, 3.63) is 121 Å². The van der Waals surface area contributed by atoms with Crippen molar-refractivity contribution in [3.63, 3.8) is 0 Å². The molecule has 3 heteroatoms. The molecule has 0 saturated heterocycles. The van der Waals surface area contributed by atoms with E-state index in [4.69, 9.17) is 4.79 Å². The van der Waals surface area contributed by atoms with Gasteiger partial charge in [0.25, 0.3) is 0 Å². The smallest absolute Gasteiger partial charge is 0.545 e. The molecule has 0 bridgehead atoms. The molecule has 0 spiro atoms. The van der Waals surface area contributed by atoms with Gasteiger partial charge in [0.2, 0.25) is 0 Å². The first-order valence-electron chi connectivity index (χ1n) is 8.30. The normalized spacial score (nSPS) is 9.07. The molecule has 1 radical (unpaired) electrons. The Morgan fingerprint density at radius 1 is 0.667 bits per heavy atom. The van der Waals surface area contributed by atoms with Gasteiger partial charge in [0.1, 0.15) is 15.9 Å². The van der Waals surface area contributed by atoms with Crippen molar-refractivity contribution >= 4 is 30.6 Å². The zero-order valence-corrected chi connectivity index (χ0v) is 16.9. The first-order chi connectivity index (χ1) is 12.9. The third-order valence-electron chi connectivity index (χ3n) is 3.68. The SMILES string of the molecule is [CH-]=O.[Fe+3].[c-]1cc[cH-]c1.c1ccc([PH+](c2ccccc2)c2ccccc2)cc1. The zero-order valence-electron chi connectivity index (χ0n) is 14.8. The fourth-order valence-electron chi connectivity index (χ4n) is 2.59. The maximum Gasteiger partial charge on any atom is 3.00 e. The monoisotopic (exact) mass is 412 g/mol. The molecule has 4 rings (SSSR count). The van der Waals surface area contributed by atoms with Crippen LogP contribution in [0, 0.1) is 6.07 Å². The van der Waals surface area contributed by atoms with Gasteiger partial charge in [0.15, 0.2) is 0 Å². The predicted octanol–water partition coefficient (Wildman–Crippen LogP) is 4.11. The van der Waals surface area contributed by atoms with Crippen molar-refractivity contribution in [3.8, 4) is 0 Å². The van der Waals surface area contributed by atoms with Gasteiger partial charge >= 0.3 is 17.1 Å². The van der Waals surface area contributed by atoms with Crippen molar-refractivity contribution in [2.45, 2.75) is 0 Å². The van der Waals surface area contributed by atoms with Gasteiger partial charge in [-0.05, 0) is 36.4 Å². The third kappa shape index (κ3) is 7.41. The summed E-state index contributed by atoms with van der Waals surface area (Å²) >= 11 is 0. The van der Waals surface area contributed by atoms with Gasteiger partial charge in [-0.2, -0.15) is 0 Å². The minimum Gasteiger partial charge on any atom is -0.545 e. The number of benzene rings is 3. The number of carbonyl (C=O) groups excluding carboxylic acids is 1. The van der Waals surface area contributed by atoms with Crippen molar-refractivity contribution < 1.29 is 21.9 Å². The van der Waals surface area contributed by atoms with Crippen molar-refractivity contribution in [2.75, 3.05) is 0 Å². The van der Waals surface area contributed by atoms with E-state index >= 15 is 0 Å². The zero-order chi connectivity index (χ0) is 18.5. The summed E-state index contributed by atoms with van der Waals surface area (Å²) in [6, 6.07) is 43.0. The molecule has 1 nitrogen and oxygen atoms in total. The molecule has 0 atom stereocenters. The maximum atomic E-state index is 7.75. The Labute approximate surface area is 173 Å². The van der Waals surface area contributed by atoms with E-state index in [2.05, 4.69) is 104 Å². The van der Waals surface area contributed by atoms with Gasteiger partial charge in [-0.15, -0.1) is 0 Å². The summed E-state index contributed by atoms with van der Waals surface area (Å²) < 4.78 is 0. The second-order valence-electron chi connectivity index (χ2n) is 5.36. The van der Waals surface area contributed by atoms with E-state index in [1.54, 1.807) is 0 Å². The molecule has 4 aromatic rings. The molecule has 0 aliphatic rings. The number of rotatable bonds is 3.